The smallest absolute Gasteiger partial charge is 0.339 e. The van der Waals surface area contributed by atoms with Crippen molar-refractivity contribution < 1.29 is 28.5 Å². The lowest BCUT2D eigenvalue weighted by molar-refractivity contribution is 0.0452. The third kappa shape index (κ3) is 2.68. The number of cyclic esters (lactones) is 1. The van der Waals surface area contributed by atoms with Crippen LogP contribution >= 0.6 is 15.9 Å². The summed E-state index contributed by atoms with van der Waals surface area (Å²) < 4.78 is 27.8. The van der Waals surface area contributed by atoms with Crippen molar-refractivity contribution in [2.75, 3.05) is 28.4 Å². The molecule has 0 saturated carbocycles. The number of carbonyl (C=O) groups is 1. The summed E-state index contributed by atoms with van der Waals surface area (Å²) in [4.78, 5) is 12.3. The number of hydrogen-bond donors (Lipinski definition) is 0. The molecule has 2 aromatic rings. The van der Waals surface area contributed by atoms with Crippen LogP contribution in [0.5, 0.6) is 23.0 Å². The SMILES string of the molecule is COc1ccc([C@@H]2OC(=O)c3ccc(OC)c(OC)c32)c(Br)c1OC. The van der Waals surface area contributed by atoms with E-state index in [9.17, 15) is 4.79 Å². The van der Waals surface area contributed by atoms with Gasteiger partial charge in [0, 0.05) is 5.56 Å². The number of ether oxygens (including phenoxy) is 5. The molecule has 1 aliphatic heterocycles. The van der Waals surface area contributed by atoms with E-state index < -0.39 is 12.1 Å². The number of halogens is 1. The van der Waals surface area contributed by atoms with E-state index >= 15 is 0 Å². The van der Waals surface area contributed by atoms with Gasteiger partial charge >= 0.3 is 5.97 Å². The van der Waals surface area contributed by atoms with Crippen LogP contribution in [0, 0.1) is 0 Å². The maximum Gasteiger partial charge on any atom is 0.339 e. The standard InChI is InChI=1S/C18H17BrO6/c1-21-11-7-5-9-13(16(11)23-3)15(25-18(9)20)10-6-8-12(22-2)17(24-4)14(10)19/h5-8,15H,1-4H3/t15-/m0/s1. The number of esters is 1. The van der Waals surface area contributed by atoms with Gasteiger partial charge in [0.05, 0.1) is 44.0 Å². The third-order valence-electron chi connectivity index (χ3n) is 4.09. The van der Waals surface area contributed by atoms with Crippen molar-refractivity contribution in [3.05, 3.63) is 45.4 Å². The maximum atomic E-state index is 12.3. The number of rotatable bonds is 5. The Balaban J connectivity index is 2.22. The Hall–Kier alpha value is -2.41. The van der Waals surface area contributed by atoms with Gasteiger partial charge in [-0.1, -0.05) is 0 Å². The topological polar surface area (TPSA) is 63.2 Å². The molecule has 2 aromatic carbocycles. The molecule has 1 atom stereocenters. The molecule has 0 unspecified atom stereocenters. The number of hydrogen-bond acceptors (Lipinski definition) is 6. The molecule has 0 aromatic heterocycles. The molecule has 0 radical (unpaired) electrons. The lowest BCUT2D eigenvalue weighted by atomic mass is 9.97. The lowest BCUT2D eigenvalue weighted by Crippen LogP contribution is -2.05. The second-order valence-corrected chi connectivity index (χ2v) is 6.04. The maximum absolute atomic E-state index is 12.3. The number of methoxy groups -OCH3 is 4. The molecule has 3 rings (SSSR count). The van der Waals surface area contributed by atoms with Crippen LogP contribution in [0.1, 0.15) is 27.6 Å². The zero-order chi connectivity index (χ0) is 18.1. The van der Waals surface area contributed by atoms with Gasteiger partial charge in [0.2, 0.25) is 0 Å². The number of carbonyl (C=O) groups excluding carboxylic acids is 1. The Kier molecular flexibility index (Phi) is 4.76. The van der Waals surface area contributed by atoms with E-state index in [1.54, 1.807) is 39.5 Å². The van der Waals surface area contributed by atoms with E-state index in [0.717, 1.165) is 5.56 Å². The van der Waals surface area contributed by atoms with Gasteiger partial charge < -0.3 is 23.7 Å². The van der Waals surface area contributed by atoms with Crippen LogP contribution in [-0.2, 0) is 4.74 Å². The molecule has 0 aliphatic carbocycles. The first-order valence-electron chi connectivity index (χ1n) is 7.43. The minimum Gasteiger partial charge on any atom is -0.493 e. The first kappa shape index (κ1) is 17.4. The largest absolute Gasteiger partial charge is 0.493 e. The Morgan fingerprint density at radius 3 is 2.08 bits per heavy atom. The van der Waals surface area contributed by atoms with Crippen LogP contribution in [0.15, 0.2) is 28.7 Å². The summed E-state index contributed by atoms with van der Waals surface area (Å²) in [5.74, 6) is 1.67. The van der Waals surface area contributed by atoms with E-state index in [1.165, 1.54) is 7.11 Å². The predicted molar refractivity (Wildman–Crippen MR) is 94.1 cm³/mol. The fourth-order valence-electron chi connectivity index (χ4n) is 2.94. The number of benzene rings is 2. The molecule has 0 N–H and O–H groups in total. The van der Waals surface area contributed by atoms with Gasteiger partial charge in [0.15, 0.2) is 29.1 Å². The van der Waals surface area contributed by atoms with Crippen molar-refractivity contribution in [2.45, 2.75) is 6.10 Å². The van der Waals surface area contributed by atoms with Crippen LogP contribution < -0.4 is 18.9 Å². The molecule has 25 heavy (non-hydrogen) atoms. The van der Waals surface area contributed by atoms with E-state index in [-0.39, 0.29) is 0 Å². The van der Waals surface area contributed by atoms with Crippen LogP contribution in [0.3, 0.4) is 0 Å². The first-order chi connectivity index (χ1) is 12.1. The third-order valence-corrected chi connectivity index (χ3v) is 4.91. The minimum atomic E-state index is -0.651. The average Bonchev–Trinajstić information content (AvgIpc) is 2.97. The molecule has 1 heterocycles. The summed E-state index contributed by atoms with van der Waals surface area (Å²) in [5.41, 5.74) is 1.79. The van der Waals surface area contributed by atoms with Crippen LogP contribution in [0.4, 0.5) is 0 Å². The van der Waals surface area contributed by atoms with Crippen molar-refractivity contribution in [1.82, 2.24) is 0 Å². The van der Waals surface area contributed by atoms with E-state index in [2.05, 4.69) is 15.9 Å². The predicted octanol–water partition coefficient (Wildman–Crippen LogP) is 3.74. The van der Waals surface area contributed by atoms with Gasteiger partial charge in [0.25, 0.3) is 0 Å². The summed E-state index contributed by atoms with van der Waals surface area (Å²) in [7, 11) is 6.18. The van der Waals surface area contributed by atoms with Gasteiger partial charge in [0.1, 0.15) is 0 Å². The average molecular weight is 409 g/mol. The molecule has 0 fully saturated rings. The molecule has 0 bridgehead atoms. The van der Waals surface area contributed by atoms with E-state index in [1.807, 2.05) is 6.07 Å². The summed E-state index contributed by atoms with van der Waals surface area (Å²) in [5, 5.41) is 0. The van der Waals surface area contributed by atoms with Gasteiger partial charge in [-0.25, -0.2) is 4.79 Å². The van der Waals surface area contributed by atoms with Crippen LogP contribution in [-0.4, -0.2) is 34.4 Å². The van der Waals surface area contributed by atoms with Gasteiger partial charge in [-0.3, -0.25) is 0 Å². The monoisotopic (exact) mass is 408 g/mol. The van der Waals surface area contributed by atoms with Gasteiger partial charge in [-0.05, 0) is 40.2 Å². The van der Waals surface area contributed by atoms with E-state index in [0.29, 0.717) is 38.6 Å². The lowest BCUT2D eigenvalue weighted by Gasteiger charge is -2.19. The molecular formula is C18H17BrO6. The molecule has 7 heteroatoms. The highest BCUT2D eigenvalue weighted by molar-refractivity contribution is 9.10. The van der Waals surface area contributed by atoms with Gasteiger partial charge in [-0.15, -0.1) is 0 Å². The quantitative estimate of drug-likeness (QED) is 0.702. The zero-order valence-corrected chi connectivity index (χ0v) is 15.8. The summed E-state index contributed by atoms with van der Waals surface area (Å²) in [6.07, 6.45) is -0.651. The summed E-state index contributed by atoms with van der Waals surface area (Å²) in [6, 6.07) is 6.94. The molecule has 132 valence electrons. The fraction of sp³-hybridized carbons (Fsp3) is 0.278. The van der Waals surface area contributed by atoms with Crippen molar-refractivity contribution in [2.24, 2.45) is 0 Å². The van der Waals surface area contributed by atoms with Crippen LogP contribution in [0.25, 0.3) is 0 Å². The Morgan fingerprint density at radius 2 is 1.48 bits per heavy atom. The highest BCUT2D eigenvalue weighted by Gasteiger charge is 2.38. The minimum absolute atomic E-state index is 0.414. The Bertz CT molecular complexity index is 833. The molecule has 0 spiro atoms. The normalized spacial score (nSPS) is 15.4. The van der Waals surface area contributed by atoms with Crippen LogP contribution in [0.2, 0.25) is 0 Å². The van der Waals surface area contributed by atoms with Crippen molar-refractivity contribution in [3.8, 4) is 23.0 Å². The second-order valence-electron chi connectivity index (χ2n) is 5.25. The van der Waals surface area contributed by atoms with Crippen molar-refractivity contribution in [3.63, 3.8) is 0 Å². The Labute approximate surface area is 153 Å². The molecule has 6 nitrogen and oxygen atoms in total. The fourth-order valence-corrected chi connectivity index (χ4v) is 3.64. The van der Waals surface area contributed by atoms with Crippen molar-refractivity contribution >= 4 is 21.9 Å². The van der Waals surface area contributed by atoms with Gasteiger partial charge in [-0.2, -0.15) is 0 Å². The van der Waals surface area contributed by atoms with E-state index in [4.69, 9.17) is 23.7 Å². The number of fused-ring (bicyclic) bond motifs is 1. The summed E-state index contributed by atoms with van der Waals surface area (Å²) in [6.45, 7) is 0. The summed E-state index contributed by atoms with van der Waals surface area (Å²) >= 11 is 3.53. The Morgan fingerprint density at radius 1 is 0.880 bits per heavy atom. The molecule has 1 aliphatic rings. The zero-order valence-electron chi connectivity index (χ0n) is 14.2. The second kappa shape index (κ2) is 6.84. The van der Waals surface area contributed by atoms with Crippen molar-refractivity contribution in [1.29, 1.82) is 0 Å². The highest BCUT2D eigenvalue weighted by atomic mass is 79.9. The molecular weight excluding hydrogens is 392 g/mol. The first-order valence-corrected chi connectivity index (χ1v) is 8.22. The molecule has 0 saturated heterocycles. The molecule has 0 amide bonds. The highest BCUT2D eigenvalue weighted by Crippen LogP contribution is 2.49.